The first-order valence-electron chi connectivity index (χ1n) is 6.87. The van der Waals surface area contributed by atoms with Crippen molar-refractivity contribution in [2.24, 2.45) is 0 Å². The van der Waals surface area contributed by atoms with E-state index in [4.69, 9.17) is 5.11 Å². The summed E-state index contributed by atoms with van der Waals surface area (Å²) in [7, 11) is 0. The lowest BCUT2D eigenvalue weighted by atomic mass is 9.94. The first-order valence-corrected chi connectivity index (χ1v) is 6.87. The number of rotatable bonds is 5. The fourth-order valence-electron chi connectivity index (χ4n) is 2.11. The minimum absolute atomic E-state index is 0.0514. The summed E-state index contributed by atoms with van der Waals surface area (Å²) in [6, 6.07) is 11.3. The molecule has 0 aliphatic heterocycles. The van der Waals surface area contributed by atoms with Gasteiger partial charge in [0, 0.05) is 17.5 Å². The standard InChI is InChI=1S/C16H20N2O2/c1-3-16(2,10-11-19)18-15(20)14-9-8-12-6-4-5-7-13(12)17-14/h4-9,19H,3,10-11H2,1-2H3,(H,18,20). The zero-order valence-corrected chi connectivity index (χ0v) is 11.9. The Balaban J connectivity index is 2.22. The Bertz CT molecular complexity index is 612. The second kappa shape index (κ2) is 6.01. The predicted molar refractivity (Wildman–Crippen MR) is 79.6 cm³/mol. The molecular formula is C16H20N2O2. The van der Waals surface area contributed by atoms with Gasteiger partial charge in [0.05, 0.1) is 5.52 Å². The lowest BCUT2D eigenvalue weighted by molar-refractivity contribution is 0.0881. The molecule has 0 saturated heterocycles. The molecule has 2 rings (SSSR count). The Morgan fingerprint density at radius 3 is 2.75 bits per heavy atom. The molecule has 1 aromatic carbocycles. The molecule has 1 aromatic heterocycles. The van der Waals surface area contributed by atoms with Crippen LogP contribution in [0.2, 0.25) is 0 Å². The van der Waals surface area contributed by atoms with Gasteiger partial charge in [-0.3, -0.25) is 4.79 Å². The van der Waals surface area contributed by atoms with Crippen LogP contribution in [0.15, 0.2) is 36.4 Å². The number of pyridine rings is 1. The summed E-state index contributed by atoms with van der Waals surface area (Å²) < 4.78 is 0. The van der Waals surface area contributed by atoms with Gasteiger partial charge in [0.25, 0.3) is 5.91 Å². The largest absolute Gasteiger partial charge is 0.396 e. The second-order valence-corrected chi connectivity index (χ2v) is 5.23. The molecule has 1 unspecified atom stereocenters. The minimum atomic E-state index is -0.404. The molecule has 4 nitrogen and oxygen atoms in total. The van der Waals surface area contributed by atoms with Crippen LogP contribution in [-0.2, 0) is 0 Å². The summed E-state index contributed by atoms with van der Waals surface area (Å²) in [4.78, 5) is 16.7. The highest BCUT2D eigenvalue weighted by Crippen LogP contribution is 2.16. The molecule has 4 heteroatoms. The van der Waals surface area contributed by atoms with Crippen molar-refractivity contribution >= 4 is 16.8 Å². The number of aliphatic hydroxyl groups excluding tert-OH is 1. The van der Waals surface area contributed by atoms with Crippen molar-refractivity contribution < 1.29 is 9.90 Å². The van der Waals surface area contributed by atoms with Gasteiger partial charge in [0.2, 0.25) is 0 Å². The summed E-state index contributed by atoms with van der Waals surface area (Å²) in [5.41, 5.74) is 0.806. The van der Waals surface area contributed by atoms with Gasteiger partial charge in [-0.15, -0.1) is 0 Å². The van der Waals surface area contributed by atoms with E-state index in [0.29, 0.717) is 12.1 Å². The van der Waals surface area contributed by atoms with Gasteiger partial charge >= 0.3 is 0 Å². The highest BCUT2D eigenvalue weighted by atomic mass is 16.3. The molecule has 20 heavy (non-hydrogen) atoms. The second-order valence-electron chi connectivity index (χ2n) is 5.23. The average Bonchev–Trinajstić information content (AvgIpc) is 2.47. The van der Waals surface area contributed by atoms with Crippen molar-refractivity contribution in [2.45, 2.75) is 32.2 Å². The summed E-state index contributed by atoms with van der Waals surface area (Å²) in [5, 5.41) is 13.1. The molecule has 0 spiro atoms. The number of nitrogens with zero attached hydrogens (tertiary/aromatic N) is 1. The topological polar surface area (TPSA) is 62.2 Å². The van der Waals surface area contributed by atoms with Crippen LogP contribution in [0.1, 0.15) is 37.2 Å². The van der Waals surface area contributed by atoms with E-state index in [1.807, 2.05) is 44.2 Å². The van der Waals surface area contributed by atoms with Gasteiger partial charge in [0.1, 0.15) is 5.69 Å². The van der Waals surface area contributed by atoms with Crippen LogP contribution in [0.5, 0.6) is 0 Å². The number of hydrogen-bond acceptors (Lipinski definition) is 3. The third-order valence-electron chi connectivity index (χ3n) is 3.69. The van der Waals surface area contributed by atoms with Gasteiger partial charge in [-0.25, -0.2) is 4.98 Å². The van der Waals surface area contributed by atoms with E-state index in [0.717, 1.165) is 17.3 Å². The maximum atomic E-state index is 12.3. The Morgan fingerprint density at radius 2 is 2.05 bits per heavy atom. The van der Waals surface area contributed by atoms with Crippen molar-refractivity contribution in [3.63, 3.8) is 0 Å². The van der Waals surface area contributed by atoms with E-state index in [-0.39, 0.29) is 12.5 Å². The van der Waals surface area contributed by atoms with E-state index in [1.165, 1.54) is 0 Å². The Labute approximate surface area is 118 Å². The van der Waals surface area contributed by atoms with Crippen LogP contribution in [0.25, 0.3) is 10.9 Å². The van der Waals surface area contributed by atoms with E-state index >= 15 is 0 Å². The average molecular weight is 272 g/mol. The number of amides is 1. The molecule has 2 N–H and O–H groups in total. The smallest absolute Gasteiger partial charge is 0.270 e. The zero-order valence-electron chi connectivity index (χ0n) is 11.9. The van der Waals surface area contributed by atoms with Gasteiger partial charge in [0.15, 0.2) is 0 Å². The van der Waals surface area contributed by atoms with Crippen molar-refractivity contribution in [2.75, 3.05) is 6.61 Å². The Kier molecular flexibility index (Phi) is 4.35. The number of para-hydroxylation sites is 1. The van der Waals surface area contributed by atoms with E-state index in [1.54, 1.807) is 6.07 Å². The molecule has 2 aromatic rings. The number of benzene rings is 1. The van der Waals surface area contributed by atoms with Crippen LogP contribution in [0.4, 0.5) is 0 Å². The summed E-state index contributed by atoms with van der Waals surface area (Å²) in [6.07, 6.45) is 1.29. The minimum Gasteiger partial charge on any atom is -0.396 e. The number of fused-ring (bicyclic) bond motifs is 1. The van der Waals surface area contributed by atoms with Crippen LogP contribution < -0.4 is 5.32 Å². The van der Waals surface area contributed by atoms with Crippen molar-refractivity contribution in [1.29, 1.82) is 0 Å². The normalized spacial score (nSPS) is 13.9. The molecule has 1 heterocycles. The lowest BCUT2D eigenvalue weighted by Crippen LogP contribution is -2.46. The molecule has 0 saturated carbocycles. The van der Waals surface area contributed by atoms with Crippen LogP contribution in [0, 0.1) is 0 Å². The molecule has 1 amide bonds. The molecule has 0 radical (unpaired) electrons. The Hall–Kier alpha value is -1.94. The molecule has 106 valence electrons. The quantitative estimate of drug-likeness (QED) is 0.879. The van der Waals surface area contributed by atoms with Crippen molar-refractivity contribution in [3.05, 3.63) is 42.1 Å². The third-order valence-corrected chi connectivity index (χ3v) is 3.69. The van der Waals surface area contributed by atoms with E-state index in [2.05, 4.69) is 10.3 Å². The van der Waals surface area contributed by atoms with Crippen LogP contribution >= 0.6 is 0 Å². The van der Waals surface area contributed by atoms with Gasteiger partial charge in [-0.05, 0) is 31.9 Å². The fourth-order valence-corrected chi connectivity index (χ4v) is 2.11. The monoisotopic (exact) mass is 272 g/mol. The van der Waals surface area contributed by atoms with Gasteiger partial charge < -0.3 is 10.4 Å². The molecule has 0 aliphatic rings. The molecule has 0 aliphatic carbocycles. The third kappa shape index (κ3) is 3.14. The highest BCUT2D eigenvalue weighted by molar-refractivity contribution is 5.95. The lowest BCUT2D eigenvalue weighted by Gasteiger charge is -2.28. The van der Waals surface area contributed by atoms with Crippen LogP contribution in [0.3, 0.4) is 0 Å². The van der Waals surface area contributed by atoms with E-state index < -0.39 is 5.54 Å². The summed E-state index contributed by atoms with van der Waals surface area (Å²) in [6.45, 7) is 3.97. The molecule has 1 atom stereocenters. The fraction of sp³-hybridized carbons (Fsp3) is 0.375. The summed E-state index contributed by atoms with van der Waals surface area (Å²) >= 11 is 0. The maximum Gasteiger partial charge on any atom is 0.270 e. The Morgan fingerprint density at radius 1 is 1.30 bits per heavy atom. The first kappa shape index (κ1) is 14.5. The van der Waals surface area contributed by atoms with Gasteiger partial charge in [-0.2, -0.15) is 0 Å². The molecule has 0 bridgehead atoms. The number of carbonyl (C=O) groups is 1. The summed E-state index contributed by atoms with van der Waals surface area (Å²) in [5.74, 6) is -0.200. The molecule has 0 fully saturated rings. The molecular weight excluding hydrogens is 252 g/mol. The number of hydrogen-bond donors (Lipinski definition) is 2. The van der Waals surface area contributed by atoms with Crippen molar-refractivity contribution in [1.82, 2.24) is 10.3 Å². The zero-order chi connectivity index (χ0) is 14.6. The number of aromatic nitrogens is 1. The number of aliphatic hydroxyl groups is 1. The van der Waals surface area contributed by atoms with E-state index in [9.17, 15) is 4.79 Å². The highest BCUT2D eigenvalue weighted by Gasteiger charge is 2.24. The first-order chi connectivity index (χ1) is 9.58. The van der Waals surface area contributed by atoms with Crippen molar-refractivity contribution in [3.8, 4) is 0 Å². The van der Waals surface area contributed by atoms with Gasteiger partial charge in [-0.1, -0.05) is 31.2 Å². The predicted octanol–water partition coefficient (Wildman–Crippen LogP) is 2.52. The SMILES string of the molecule is CCC(C)(CCO)NC(=O)c1ccc2ccccc2n1. The number of nitrogens with one attached hydrogen (secondary N) is 1. The maximum absolute atomic E-state index is 12.3. The van der Waals surface area contributed by atoms with Crippen LogP contribution in [-0.4, -0.2) is 28.1 Å². The number of carbonyl (C=O) groups excluding carboxylic acids is 1.